The van der Waals surface area contributed by atoms with Crippen molar-refractivity contribution in [1.29, 1.82) is 0 Å². The van der Waals surface area contributed by atoms with Gasteiger partial charge in [0.05, 0.1) is 13.2 Å². The zero-order chi connectivity index (χ0) is 49.9. The smallest absolute Gasteiger partial charge is 0.408 e. The minimum atomic E-state index is -1.09. The van der Waals surface area contributed by atoms with E-state index in [0.717, 1.165) is 68.0 Å². The second-order valence-electron chi connectivity index (χ2n) is 17.4. The third-order valence-electron chi connectivity index (χ3n) is 12.5. The van der Waals surface area contributed by atoms with Gasteiger partial charge in [-0.05, 0) is 102 Å². The molecule has 2 amide bonds. The van der Waals surface area contributed by atoms with Crippen LogP contribution in [0.5, 0.6) is 11.5 Å². The number of carboxylic acid groups (broad SMARTS) is 1. The van der Waals surface area contributed by atoms with Crippen molar-refractivity contribution in [2.45, 2.75) is 69.2 Å². The van der Waals surface area contributed by atoms with Crippen molar-refractivity contribution < 1.29 is 48.0 Å². The Morgan fingerprint density at radius 1 is 0.458 bits per heavy atom. The number of rotatable bonds is 21. The van der Waals surface area contributed by atoms with E-state index in [9.17, 15) is 24.3 Å². The topological polar surface area (TPSA) is 159 Å². The highest BCUT2D eigenvalue weighted by molar-refractivity contribution is 5.83. The lowest BCUT2D eigenvalue weighted by Crippen LogP contribution is -2.42. The highest BCUT2D eigenvalue weighted by atomic mass is 16.6. The Labute approximate surface area is 419 Å². The number of nitrogens with one attached hydrogen (secondary N) is 2. The first-order valence-electron chi connectivity index (χ1n) is 24.4. The van der Waals surface area contributed by atoms with Crippen molar-refractivity contribution in [2.75, 3.05) is 19.8 Å². The molecule has 72 heavy (non-hydrogen) atoms. The van der Waals surface area contributed by atoms with E-state index in [4.69, 9.17) is 23.7 Å². The van der Waals surface area contributed by atoms with Crippen LogP contribution < -0.4 is 20.1 Å². The van der Waals surface area contributed by atoms with Gasteiger partial charge in [-0.3, -0.25) is 0 Å². The van der Waals surface area contributed by atoms with E-state index in [0.29, 0.717) is 45.3 Å². The molecule has 0 aromatic heterocycles. The van der Waals surface area contributed by atoms with E-state index in [-0.39, 0.29) is 19.1 Å². The average Bonchev–Trinajstić information content (AvgIpc) is 3.91. The van der Waals surface area contributed by atoms with Gasteiger partial charge in [0.1, 0.15) is 36.8 Å². The van der Waals surface area contributed by atoms with E-state index in [1.165, 1.54) is 0 Å². The largest absolute Gasteiger partial charge is 0.494 e. The summed E-state index contributed by atoms with van der Waals surface area (Å²) in [4.78, 5) is 50.2. The lowest BCUT2D eigenvalue weighted by Gasteiger charge is -2.19. The molecule has 7 aromatic rings. The molecule has 0 saturated heterocycles. The predicted octanol–water partition coefficient (Wildman–Crippen LogP) is 12.1. The maximum Gasteiger partial charge on any atom is 0.408 e. The first kappa shape index (κ1) is 50.0. The number of esters is 1. The third-order valence-corrected chi connectivity index (χ3v) is 12.5. The van der Waals surface area contributed by atoms with E-state index in [1.807, 2.05) is 164 Å². The number of alkyl carbamates (subject to hydrolysis) is 2. The molecular weight excluding hydrogens is 909 g/mol. The van der Waals surface area contributed by atoms with Crippen LogP contribution in [0, 0.1) is 0 Å². The second-order valence-corrected chi connectivity index (χ2v) is 17.4. The number of fused-ring (bicyclic) bond motifs is 6. The van der Waals surface area contributed by atoms with Crippen LogP contribution in [0.2, 0.25) is 0 Å². The van der Waals surface area contributed by atoms with Gasteiger partial charge in [-0.15, -0.1) is 0 Å². The van der Waals surface area contributed by atoms with Gasteiger partial charge in [0.15, 0.2) is 6.10 Å². The summed E-state index contributed by atoms with van der Waals surface area (Å²) in [5.74, 6) is -0.0459. The van der Waals surface area contributed by atoms with Crippen molar-refractivity contribution in [1.82, 2.24) is 10.6 Å². The number of para-hydroxylation sites is 2. The molecule has 368 valence electrons. The number of amides is 2. The van der Waals surface area contributed by atoms with Gasteiger partial charge in [0, 0.05) is 17.0 Å². The molecule has 0 radical (unpaired) electrons. The third kappa shape index (κ3) is 13.5. The lowest BCUT2D eigenvalue weighted by molar-refractivity contribution is -0.147. The number of carbonyl (C=O) groups is 4. The van der Waals surface area contributed by atoms with Crippen LogP contribution in [-0.4, -0.2) is 61.1 Å². The maximum atomic E-state index is 13.0. The van der Waals surface area contributed by atoms with Crippen LogP contribution in [0.15, 0.2) is 188 Å². The van der Waals surface area contributed by atoms with Crippen LogP contribution in [0.1, 0.15) is 78.4 Å². The maximum absolute atomic E-state index is 13.0. The molecule has 2 aliphatic rings. The molecule has 7 aromatic carbocycles. The Bertz CT molecular complexity index is 2790. The Kier molecular flexibility index (Phi) is 17.7. The van der Waals surface area contributed by atoms with E-state index < -0.39 is 42.3 Å². The molecule has 9 rings (SSSR count). The highest BCUT2D eigenvalue weighted by Gasteiger charge is 2.33. The number of benzene rings is 7. The fourth-order valence-electron chi connectivity index (χ4n) is 8.95. The molecule has 12 heteroatoms. The average molecular weight is 967 g/mol. The first-order chi connectivity index (χ1) is 35.3. The van der Waals surface area contributed by atoms with Crippen molar-refractivity contribution in [3.63, 3.8) is 0 Å². The van der Waals surface area contributed by atoms with Crippen molar-refractivity contribution in [3.05, 3.63) is 216 Å². The molecule has 0 heterocycles. The molecule has 3 N–H and O–H groups in total. The molecule has 0 fully saturated rings. The minimum absolute atomic E-state index is 0.0585. The van der Waals surface area contributed by atoms with Crippen molar-refractivity contribution in [3.8, 4) is 33.8 Å². The highest BCUT2D eigenvalue weighted by Crippen LogP contribution is 2.46. The predicted molar refractivity (Wildman–Crippen MR) is 275 cm³/mol. The number of ether oxygens (including phenoxy) is 5. The summed E-state index contributed by atoms with van der Waals surface area (Å²) in [6, 6.07) is 58.5. The van der Waals surface area contributed by atoms with Gasteiger partial charge in [0.2, 0.25) is 0 Å². The summed E-state index contributed by atoms with van der Waals surface area (Å²) in [6.45, 7) is 1.31. The molecule has 0 bridgehead atoms. The summed E-state index contributed by atoms with van der Waals surface area (Å²) in [6.07, 6.45) is 1.44. The quantitative estimate of drug-likeness (QED) is 0.0359. The van der Waals surface area contributed by atoms with Gasteiger partial charge in [-0.25, -0.2) is 19.2 Å². The second kappa shape index (κ2) is 25.5. The number of aliphatic carboxylic acids is 1. The zero-order valence-corrected chi connectivity index (χ0v) is 39.9. The van der Waals surface area contributed by atoms with Gasteiger partial charge >= 0.3 is 24.1 Å². The van der Waals surface area contributed by atoms with E-state index >= 15 is 0 Å². The monoisotopic (exact) mass is 966 g/mol. The lowest BCUT2D eigenvalue weighted by atomic mass is 9.98. The first-order valence-corrected chi connectivity index (χ1v) is 24.4. The molecule has 2 atom stereocenters. The van der Waals surface area contributed by atoms with Crippen LogP contribution in [0.4, 0.5) is 9.59 Å². The van der Waals surface area contributed by atoms with Crippen LogP contribution in [0.3, 0.4) is 0 Å². The van der Waals surface area contributed by atoms with Crippen LogP contribution in [-0.2, 0) is 30.4 Å². The van der Waals surface area contributed by atoms with Gasteiger partial charge in [0.25, 0.3) is 0 Å². The minimum Gasteiger partial charge on any atom is -0.494 e. The molecule has 12 nitrogen and oxygen atoms in total. The number of unbranched alkanes of at least 4 members (excludes halogenated alkanes) is 2. The number of carbonyl (C=O) groups excluding carboxylic acids is 3. The molecular formula is C60H58N2O10. The molecule has 2 unspecified atom stereocenters. The van der Waals surface area contributed by atoms with Crippen molar-refractivity contribution in [2.24, 2.45) is 0 Å². The van der Waals surface area contributed by atoms with Crippen LogP contribution in [0.25, 0.3) is 22.3 Å². The molecule has 0 saturated carbocycles. The van der Waals surface area contributed by atoms with E-state index in [2.05, 4.69) is 34.9 Å². The summed E-state index contributed by atoms with van der Waals surface area (Å²) in [7, 11) is 0. The molecule has 0 spiro atoms. The summed E-state index contributed by atoms with van der Waals surface area (Å²) < 4.78 is 28.3. The van der Waals surface area contributed by atoms with Crippen molar-refractivity contribution >= 4 is 24.1 Å². The van der Waals surface area contributed by atoms with Gasteiger partial charge in [-0.2, -0.15) is 0 Å². The van der Waals surface area contributed by atoms with Gasteiger partial charge in [-0.1, -0.05) is 164 Å². The number of hydrogen-bond donors (Lipinski definition) is 3. The van der Waals surface area contributed by atoms with E-state index in [1.54, 1.807) is 0 Å². The summed E-state index contributed by atoms with van der Waals surface area (Å²) in [5, 5.41) is 14.8. The Hall–Kier alpha value is -8.38. The summed E-state index contributed by atoms with van der Waals surface area (Å²) >= 11 is 0. The fourth-order valence-corrected chi connectivity index (χ4v) is 8.95. The van der Waals surface area contributed by atoms with Gasteiger partial charge < -0.3 is 39.4 Å². The normalized spacial score (nSPS) is 12.8. The summed E-state index contributed by atoms with van der Waals surface area (Å²) in [5.41, 5.74) is 9.31. The molecule has 0 aliphatic heterocycles. The Morgan fingerprint density at radius 2 is 0.875 bits per heavy atom. The SMILES string of the molecule is O=C(NC(CCCCOc1ccccc1)C(=O)O)OC1c2ccccc2-c2ccccc21.O=C(NC(CCCCOc1ccccc1)C(=O)OCc1ccccc1)OCC1c2ccccc2-c2ccccc21. The van der Waals surface area contributed by atoms with Crippen LogP contribution >= 0.6 is 0 Å². The molecule has 2 aliphatic carbocycles. The Morgan fingerprint density at radius 3 is 1.38 bits per heavy atom. The standard InChI is InChI=1S/C34H33NO5.C26H25NO5/c36-33(39-23-25-13-3-1-4-14-25)32(21-11-12-22-38-26-15-5-2-6-16-26)35-34(37)40-24-31-29-19-9-7-17-27(29)28-18-8-10-20-30(28)31;28-25(29)23(16-8-9-17-31-18-10-2-1-3-11-18)27-26(30)32-24-21-14-6-4-12-19(21)20-13-5-7-15-22(20)24/h1-10,13-20,31-32H,11-12,21-24H2,(H,35,37);1-7,10-15,23-24H,8-9,16-17H2,(H,27,30)(H,28,29). The number of hydrogen-bond acceptors (Lipinski definition) is 9. The fraction of sp³-hybridized carbons (Fsp3) is 0.233. The zero-order valence-electron chi connectivity index (χ0n) is 39.9. The number of carboxylic acids is 1. The Balaban J connectivity index is 0.000000197.